The van der Waals surface area contributed by atoms with Crippen molar-refractivity contribution in [1.82, 2.24) is 5.32 Å². The van der Waals surface area contributed by atoms with Crippen molar-refractivity contribution >= 4 is 11.0 Å². The monoisotopic (exact) mass is 177 g/mol. The van der Waals surface area contributed by atoms with E-state index < -0.39 is 11.0 Å². The molecule has 3 unspecified atom stereocenters. The number of quaternary nitrogens is 1. The zero-order valence-corrected chi connectivity index (χ0v) is 8.04. The summed E-state index contributed by atoms with van der Waals surface area (Å²) in [6.45, 7) is 5.18. The number of nitrogens with one attached hydrogen (secondary N) is 2. The van der Waals surface area contributed by atoms with E-state index in [1.165, 1.54) is 10.7 Å². The minimum absolute atomic E-state index is 0.575. The van der Waals surface area contributed by atoms with Crippen LogP contribution in [0, 0.1) is 0 Å². The van der Waals surface area contributed by atoms with E-state index in [9.17, 15) is 4.21 Å². The number of rotatable bonds is 3. The first kappa shape index (κ1) is 9.16. The molecule has 0 radical (unpaired) electrons. The molecule has 0 aliphatic carbocycles. The summed E-state index contributed by atoms with van der Waals surface area (Å²) in [5.74, 6) is 0. The lowest BCUT2D eigenvalue weighted by molar-refractivity contribution is -0.787. The molecule has 0 aromatic carbocycles. The topological polar surface area (TPSA) is 33.5 Å². The summed E-state index contributed by atoms with van der Waals surface area (Å²) in [5, 5.41) is 3.29. The Balaban J connectivity index is 2.46. The van der Waals surface area contributed by atoms with Crippen LogP contribution in [0.5, 0.6) is 0 Å². The van der Waals surface area contributed by atoms with Gasteiger partial charge in [-0.1, -0.05) is 0 Å². The zero-order valence-electron chi connectivity index (χ0n) is 7.22. The second-order valence-electron chi connectivity index (χ2n) is 2.96. The Hall–Kier alpha value is 0.0700. The summed E-state index contributed by atoms with van der Waals surface area (Å²) < 4.78 is 12.4. The minimum Gasteiger partial charge on any atom is -0.311 e. The lowest BCUT2D eigenvalue weighted by Gasteiger charge is -2.19. The van der Waals surface area contributed by atoms with Gasteiger partial charge in [-0.05, 0) is 6.92 Å². The van der Waals surface area contributed by atoms with Gasteiger partial charge in [0.25, 0.3) is 0 Å². The summed E-state index contributed by atoms with van der Waals surface area (Å²) in [5.41, 5.74) is 0. The molecule has 0 bridgehead atoms. The maximum Gasteiger partial charge on any atom is 0.202 e. The highest BCUT2D eigenvalue weighted by atomic mass is 32.2. The largest absolute Gasteiger partial charge is 0.311 e. The maximum atomic E-state index is 11.2. The van der Waals surface area contributed by atoms with Crippen molar-refractivity contribution in [2.24, 2.45) is 0 Å². The van der Waals surface area contributed by atoms with Gasteiger partial charge in [0.15, 0.2) is 0 Å². The van der Waals surface area contributed by atoms with Gasteiger partial charge in [-0.2, -0.15) is 4.21 Å². The Kier molecular flexibility index (Phi) is 3.48. The van der Waals surface area contributed by atoms with Gasteiger partial charge >= 0.3 is 0 Å². The van der Waals surface area contributed by atoms with E-state index in [-0.39, 0.29) is 0 Å². The summed E-state index contributed by atoms with van der Waals surface area (Å²) in [4.78, 5) is 0. The third kappa shape index (κ3) is 2.25. The van der Waals surface area contributed by atoms with Gasteiger partial charge in [0, 0.05) is 19.5 Å². The fraction of sp³-hybridized carbons (Fsp3) is 1.00. The van der Waals surface area contributed by atoms with E-state index in [1.54, 1.807) is 6.26 Å². The Morgan fingerprint density at radius 2 is 2.45 bits per heavy atom. The fourth-order valence-electron chi connectivity index (χ4n) is 1.66. The van der Waals surface area contributed by atoms with Crippen molar-refractivity contribution in [3.05, 3.63) is 0 Å². The predicted molar refractivity (Wildman–Crippen MR) is 46.8 cm³/mol. The highest BCUT2D eigenvalue weighted by Crippen LogP contribution is 1.92. The van der Waals surface area contributed by atoms with Crippen molar-refractivity contribution in [2.45, 2.75) is 19.4 Å². The van der Waals surface area contributed by atoms with Gasteiger partial charge in [-0.3, -0.25) is 0 Å². The normalized spacial score (nSPS) is 30.2. The molecule has 3 nitrogen and oxygen atoms in total. The molecule has 4 heteroatoms. The van der Waals surface area contributed by atoms with E-state index in [4.69, 9.17) is 0 Å². The first-order valence-electron chi connectivity index (χ1n) is 4.15. The Morgan fingerprint density at radius 1 is 1.73 bits per heavy atom. The SMILES string of the molecule is CC[NH+](C1CCNC1)S(C)=O. The van der Waals surface area contributed by atoms with Gasteiger partial charge in [0.05, 0.1) is 12.8 Å². The molecule has 66 valence electrons. The third-order valence-corrected chi connectivity index (χ3v) is 3.59. The zero-order chi connectivity index (χ0) is 8.27. The molecule has 11 heavy (non-hydrogen) atoms. The fourth-order valence-corrected chi connectivity index (χ4v) is 2.73. The van der Waals surface area contributed by atoms with Crippen molar-refractivity contribution in [3.8, 4) is 0 Å². The first-order valence-corrected chi connectivity index (χ1v) is 5.71. The molecule has 1 aliphatic rings. The molecule has 0 saturated carbocycles. The lowest BCUT2D eigenvalue weighted by Crippen LogP contribution is -3.15. The van der Waals surface area contributed by atoms with Crippen LogP contribution in [0.4, 0.5) is 0 Å². The van der Waals surface area contributed by atoms with Crippen molar-refractivity contribution in [2.75, 3.05) is 25.9 Å². The quantitative estimate of drug-likeness (QED) is 0.553. The standard InChI is InChI=1S/C7H16N2OS/c1-3-9(11(2)10)7-4-5-8-6-7/h7-8H,3-6H2,1-2H3/p+1. The molecule has 0 aromatic rings. The molecule has 3 atom stereocenters. The van der Waals surface area contributed by atoms with Crippen LogP contribution in [0.25, 0.3) is 0 Å². The van der Waals surface area contributed by atoms with E-state index in [0.29, 0.717) is 6.04 Å². The average molecular weight is 177 g/mol. The number of hydrogen-bond acceptors (Lipinski definition) is 2. The molecular formula is C7H17N2OS+. The van der Waals surface area contributed by atoms with Crippen molar-refractivity contribution < 1.29 is 8.51 Å². The molecular weight excluding hydrogens is 160 g/mol. The van der Waals surface area contributed by atoms with Crippen LogP contribution in [0.3, 0.4) is 0 Å². The Morgan fingerprint density at radius 3 is 2.82 bits per heavy atom. The van der Waals surface area contributed by atoms with E-state index >= 15 is 0 Å². The molecule has 1 fully saturated rings. The second kappa shape index (κ2) is 4.18. The van der Waals surface area contributed by atoms with Gasteiger partial charge in [0.1, 0.15) is 6.04 Å². The molecule has 1 saturated heterocycles. The summed E-state index contributed by atoms with van der Waals surface area (Å²) >= 11 is 0. The van der Waals surface area contributed by atoms with E-state index in [2.05, 4.69) is 12.2 Å². The highest BCUT2D eigenvalue weighted by molar-refractivity contribution is 7.77. The minimum atomic E-state index is -0.717. The lowest BCUT2D eigenvalue weighted by atomic mass is 10.3. The van der Waals surface area contributed by atoms with Crippen LogP contribution in [0.15, 0.2) is 0 Å². The summed E-state index contributed by atoms with van der Waals surface area (Å²) in [6.07, 6.45) is 2.96. The van der Waals surface area contributed by atoms with Gasteiger partial charge in [-0.15, -0.1) is 0 Å². The van der Waals surface area contributed by atoms with Crippen molar-refractivity contribution in [3.63, 3.8) is 0 Å². The number of hydrogen-bond donors (Lipinski definition) is 2. The summed E-state index contributed by atoms with van der Waals surface area (Å²) in [6, 6.07) is 0.575. The Bertz CT molecular complexity index is 145. The predicted octanol–water partition coefficient (Wildman–Crippen LogP) is -1.45. The van der Waals surface area contributed by atoms with Gasteiger partial charge in [-0.25, -0.2) is 4.31 Å². The highest BCUT2D eigenvalue weighted by Gasteiger charge is 2.26. The maximum absolute atomic E-state index is 11.2. The number of likely N-dealkylation sites (N-methyl/N-ethyl adjacent to an activating group) is 1. The molecule has 1 aliphatic heterocycles. The Labute approximate surface area is 70.7 Å². The molecule has 1 rings (SSSR count). The van der Waals surface area contributed by atoms with Crippen LogP contribution in [-0.2, 0) is 11.0 Å². The second-order valence-corrected chi connectivity index (χ2v) is 4.40. The van der Waals surface area contributed by atoms with E-state index in [1.807, 2.05) is 0 Å². The van der Waals surface area contributed by atoms with Crippen LogP contribution >= 0.6 is 0 Å². The van der Waals surface area contributed by atoms with Gasteiger partial charge < -0.3 is 5.32 Å². The molecule has 0 aromatic heterocycles. The molecule has 1 heterocycles. The van der Waals surface area contributed by atoms with Crippen LogP contribution in [0.2, 0.25) is 0 Å². The van der Waals surface area contributed by atoms with Crippen LogP contribution in [0.1, 0.15) is 13.3 Å². The average Bonchev–Trinajstić information content (AvgIpc) is 2.40. The molecule has 0 spiro atoms. The van der Waals surface area contributed by atoms with E-state index in [0.717, 1.165) is 19.6 Å². The van der Waals surface area contributed by atoms with Crippen LogP contribution < -0.4 is 9.62 Å². The van der Waals surface area contributed by atoms with Crippen LogP contribution in [-0.4, -0.2) is 36.1 Å². The molecule has 0 amide bonds. The molecule has 2 N–H and O–H groups in total. The first-order chi connectivity index (χ1) is 5.25. The van der Waals surface area contributed by atoms with Gasteiger partial charge in [0.2, 0.25) is 11.0 Å². The smallest absolute Gasteiger partial charge is 0.202 e. The third-order valence-electron chi connectivity index (χ3n) is 2.23. The summed E-state index contributed by atoms with van der Waals surface area (Å²) in [7, 11) is -0.717. The van der Waals surface area contributed by atoms with Crippen molar-refractivity contribution in [1.29, 1.82) is 0 Å².